The molecule has 0 saturated heterocycles. The van der Waals surface area contributed by atoms with Gasteiger partial charge >= 0.3 is 0 Å². The molecule has 1 fully saturated rings. The summed E-state index contributed by atoms with van der Waals surface area (Å²) < 4.78 is 0. The fourth-order valence-corrected chi connectivity index (χ4v) is 2.03. The van der Waals surface area contributed by atoms with Crippen molar-refractivity contribution >= 4 is 0 Å². The zero-order valence-electron chi connectivity index (χ0n) is 8.82. The molecule has 1 aromatic heterocycles. The highest BCUT2D eigenvalue weighted by molar-refractivity contribution is 4.82. The molecule has 5 nitrogen and oxygen atoms in total. The maximum atomic E-state index is 9.35. The van der Waals surface area contributed by atoms with Gasteiger partial charge in [0, 0.05) is 19.0 Å². The molecule has 1 aliphatic carbocycles. The molecule has 0 bridgehead atoms. The van der Waals surface area contributed by atoms with E-state index in [9.17, 15) is 5.11 Å². The average Bonchev–Trinajstić information content (AvgIpc) is 2.74. The van der Waals surface area contributed by atoms with Crippen molar-refractivity contribution in [3.63, 3.8) is 0 Å². The Hall–Kier alpha value is -0.940. The second-order valence-electron chi connectivity index (χ2n) is 4.14. The molecule has 0 atom stereocenters. The zero-order valence-corrected chi connectivity index (χ0v) is 8.82. The lowest BCUT2D eigenvalue weighted by molar-refractivity contribution is 0.117. The van der Waals surface area contributed by atoms with Gasteiger partial charge in [-0.25, -0.2) is 4.98 Å². The van der Waals surface area contributed by atoms with E-state index in [0.29, 0.717) is 6.04 Å². The Morgan fingerprint density at radius 3 is 2.87 bits per heavy atom. The first-order chi connectivity index (χ1) is 7.34. The highest BCUT2D eigenvalue weighted by Crippen LogP contribution is 2.17. The van der Waals surface area contributed by atoms with Crippen molar-refractivity contribution in [3.8, 4) is 0 Å². The normalized spacial score (nSPS) is 26.7. The van der Waals surface area contributed by atoms with Crippen LogP contribution in [0.15, 0.2) is 6.33 Å². The molecule has 0 radical (unpaired) electrons. The largest absolute Gasteiger partial charge is 0.393 e. The number of hydrogen-bond donors (Lipinski definition) is 3. The second kappa shape index (κ2) is 5.23. The number of aromatic nitrogens is 3. The molecule has 5 heteroatoms. The number of aliphatic hydroxyl groups is 1. The van der Waals surface area contributed by atoms with Crippen LogP contribution in [0.2, 0.25) is 0 Å². The van der Waals surface area contributed by atoms with E-state index in [0.717, 1.165) is 44.5 Å². The second-order valence-corrected chi connectivity index (χ2v) is 4.14. The van der Waals surface area contributed by atoms with Gasteiger partial charge in [-0.05, 0) is 25.7 Å². The number of H-pyrrole nitrogens is 1. The van der Waals surface area contributed by atoms with Gasteiger partial charge in [0.05, 0.1) is 6.10 Å². The summed E-state index contributed by atoms with van der Waals surface area (Å²) in [6, 6.07) is 0.566. The lowest BCUT2D eigenvalue weighted by atomic mass is 9.93. The SMILES string of the molecule is OC1CCC(NCCc2ncn[nH]2)CC1. The van der Waals surface area contributed by atoms with Crippen LogP contribution in [-0.2, 0) is 6.42 Å². The topological polar surface area (TPSA) is 73.8 Å². The van der Waals surface area contributed by atoms with Crippen LogP contribution in [0.1, 0.15) is 31.5 Å². The summed E-state index contributed by atoms with van der Waals surface area (Å²) >= 11 is 0. The maximum Gasteiger partial charge on any atom is 0.137 e. The number of aromatic amines is 1. The molecule has 0 aliphatic heterocycles. The molecule has 0 aromatic carbocycles. The molecule has 1 heterocycles. The summed E-state index contributed by atoms with van der Waals surface area (Å²) in [5.74, 6) is 0.929. The summed E-state index contributed by atoms with van der Waals surface area (Å²) in [4.78, 5) is 4.06. The molecule has 0 unspecified atom stereocenters. The third-order valence-corrected chi connectivity index (χ3v) is 2.96. The van der Waals surface area contributed by atoms with Gasteiger partial charge in [-0.3, -0.25) is 5.10 Å². The molecule has 1 aromatic rings. The van der Waals surface area contributed by atoms with Gasteiger partial charge in [-0.2, -0.15) is 5.10 Å². The Bertz CT molecular complexity index is 267. The minimum atomic E-state index is -0.0719. The molecule has 1 aliphatic rings. The van der Waals surface area contributed by atoms with Gasteiger partial charge in [0.15, 0.2) is 0 Å². The Morgan fingerprint density at radius 2 is 2.20 bits per heavy atom. The standard InChI is InChI=1S/C10H18N4O/c15-9-3-1-8(2-4-9)11-6-5-10-12-7-13-14-10/h7-9,11,15H,1-6H2,(H,12,13,14). The van der Waals surface area contributed by atoms with Crippen molar-refractivity contribution in [1.29, 1.82) is 0 Å². The lowest BCUT2D eigenvalue weighted by Crippen LogP contribution is -2.35. The summed E-state index contributed by atoms with van der Waals surface area (Å²) in [5, 5.41) is 19.5. The van der Waals surface area contributed by atoms with Gasteiger partial charge in [0.25, 0.3) is 0 Å². The van der Waals surface area contributed by atoms with Crippen LogP contribution in [-0.4, -0.2) is 39.0 Å². The van der Waals surface area contributed by atoms with Crippen molar-refractivity contribution in [2.75, 3.05) is 6.54 Å². The van der Waals surface area contributed by atoms with Crippen LogP contribution in [0, 0.1) is 0 Å². The van der Waals surface area contributed by atoms with Crippen LogP contribution in [0.4, 0.5) is 0 Å². The first-order valence-electron chi connectivity index (χ1n) is 5.60. The van der Waals surface area contributed by atoms with Crippen LogP contribution < -0.4 is 5.32 Å². The van der Waals surface area contributed by atoms with Gasteiger partial charge in [0.2, 0.25) is 0 Å². The predicted octanol–water partition coefficient (Wildman–Crippen LogP) is 0.240. The van der Waals surface area contributed by atoms with E-state index in [4.69, 9.17) is 0 Å². The Balaban J connectivity index is 1.62. The van der Waals surface area contributed by atoms with Crippen LogP contribution in [0.25, 0.3) is 0 Å². The number of nitrogens with zero attached hydrogens (tertiary/aromatic N) is 2. The third kappa shape index (κ3) is 3.28. The van der Waals surface area contributed by atoms with E-state index in [1.165, 1.54) is 6.33 Å². The van der Waals surface area contributed by atoms with Crippen molar-refractivity contribution in [2.45, 2.75) is 44.2 Å². The fraction of sp³-hybridized carbons (Fsp3) is 0.800. The molecular weight excluding hydrogens is 192 g/mol. The van der Waals surface area contributed by atoms with E-state index in [-0.39, 0.29) is 6.10 Å². The summed E-state index contributed by atoms with van der Waals surface area (Å²) in [5.41, 5.74) is 0. The minimum absolute atomic E-state index is 0.0719. The molecule has 2 rings (SSSR count). The first kappa shape index (κ1) is 10.6. The number of nitrogens with one attached hydrogen (secondary N) is 2. The quantitative estimate of drug-likeness (QED) is 0.665. The van der Waals surface area contributed by atoms with Crippen LogP contribution in [0.3, 0.4) is 0 Å². The van der Waals surface area contributed by atoms with Crippen molar-refractivity contribution in [1.82, 2.24) is 20.5 Å². The number of rotatable bonds is 4. The lowest BCUT2D eigenvalue weighted by Gasteiger charge is -2.26. The third-order valence-electron chi connectivity index (χ3n) is 2.96. The molecule has 15 heavy (non-hydrogen) atoms. The van der Waals surface area contributed by atoms with Crippen molar-refractivity contribution in [3.05, 3.63) is 12.2 Å². The summed E-state index contributed by atoms with van der Waals surface area (Å²) in [6.07, 6.45) is 6.37. The Kier molecular flexibility index (Phi) is 3.69. The highest BCUT2D eigenvalue weighted by Gasteiger charge is 2.18. The molecule has 84 valence electrons. The summed E-state index contributed by atoms with van der Waals surface area (Å²) in [6.45, 7) is 0.927. The van der Waals surface area contributed by atoms with Gasteiger partial charge in [-0.1, -0.05) is 0 Å². The highest BCUT2D eigenvalue weighted by atomic mass is 16.3. The maximum absolute atomic E-state index is 9.35. The zero-order chi connectivity index (χ0) is 10.5. The van der Waals surface area contributed by atoms with E-state index in [1.54, 1.807) is 0 Å². The number of aliphatic hydroxyl groups excluding tert-OH is 1. The number of hydrogen-bond acceptors (Lipinski definition) is 4. The van der Waals surface area contributed by atoms with Gasteiger partial charge in [-0.15, -0.1) is 0 Å². The smallest absolute Gasteiger partial charge is 0.137 e. The van der Waals surface area contributed by atoms with E-state index < -0.39 is 0 Å². The Labute approximate surface area is 89.3 Å². The molecule has 1 saturated carbocycles. The van der Waals surface area contributed by atoms with Crippen molar-refractivity contribution < 1.29 is 5.11 Å². The molecule has 0 spiro atoms. The fourth-order valence-electron chi connectivity index (χ4n) is 2.03. The van der Waals surface area contributed by atoms with Crippen LogP contribution >= 0.6 is 0 Å². The van der Waals surface area contributed by atoms with Crippen molar-refractivity contribution in [2.24, 2.45) is 0 Å². The van der Waals surface area contributed by atoms with Gasteiger partial charge in [0.1, 0.15) is 12.2 Å². The summed E-state index contributed by atoms with van der Waals surface area (Å²) in [7, 11) is 0. The molecular formula is C10H18N4O. The monoisotopic (exact) mass is 210 g/mol. The van der Waals surface area contributed by atoms with E-state index >= 15 is 0 Å². The molecule has 3 N–H and O–H groups in total. The predicted molar refractivity (Wildman–Crippen MR) is 56.4 cm³/mol. The van der Waals surface area contributed by atoms with Gasteiger partial charge < -0.3 is 10.4 Å². The van der Waals surface area contributed by atoms with E-state index in [2.05, 4.69) is 20.5 Å². The van der Waals surface area contributed by atoms with E-state index in [1.807, 2.05) is 0 Å². The average molecular weight is 210 g/mol. The molecule has 0 amide bonds. The Morgan fingerprint density at radius 1 is 1.40 bits per heavy atom. The first-order valence-corrected chi connectivity index (χ1v) is 5.60. The minimum Gasteiger partial charge on any atom is -0.393 e. The van der Waals surface area contributed by atoms with Crippen LogP contribution in [0.5, 0.6) is 0 Å².